The summed E-state index contributed by atoms with van der Waals surface area (Å²) < 4.78 is 2.05. The molecule has 0 bridgehead atoms. The molecule has 1 heterocycles. The summed E-state index contributed by atoms with van der Waals surface area (Å²) in [4.78, 5) is 3.95. The van der Waals surface area contributed by atoms with Crippen LogP contribution in [0.25, 0.3) is 0 Å². The lowest BCUT2D eigenvalue weighted by Crippen LogP contribution is -2.11. The predicted molar refractivity (Wildman–Crippen MR) is 45.4 cm³/mol. The third-order valence-electron chi connectivity index (χ3n) is 1.69. The Kier molecular flexibility index (Phi) is 2.38. The molecule has 0 aliphatic heterocycles. The number of hydrogen-bond donors (Lipinski definition) is 1. The maximum atomic E-state index is 4.33. The summed E-state index contributed by atoms with van der Waals surface area (Å²) in [6.07, 6.45) is 5.56. The zero-order valence-electron chi connectivity index (χ0n) is 6.23. The van der Waals surface area contributed by atoms with Crippen molar-refractivity contribution in [1.29, 1.82) is 0 Å². The van der Waals surface area contributed by atoms with E-state index in [9.17, 15) is 0 Å². The molecule has 3 heteroatoms. The minimum atomic E-state index is 0.370. The van der Waals surface area contributed by atoms with Crippen LogP contribution < -0.4 is 0 Å². The van der Waals surface area contributed by atoms with Gasteiger partial charge in [0.1, 0.15) is 0 Å². The van der Waals surface area contributed by atoms with Gasteiger partial charge in [0.25, 0.3) is 0 Å². The number of hydrogen-bond acceptors (Lipinski definition) is 2. The largest absolute Gasteiger partial charge is 0.334 e. The fourth-order valence-corrected chi connectivity index (χ4v) is 0.913. The molecular weight excluding hydrogens is 144 g/mol. The first kappa shape index (κ1) is 7.66. The van der Waals surface area contributed by atoms with E-state index in [2.05, 4.69) is 36.0 Å². The summed E-state index contributed by atoms with van der Waals surface area (Å²) in [5.41, 5.74) is 0. The molecule has 1 aromatic rings. The Bertz CT molecular complexity index is 181. The van der Waals surface area contributed by atoms with Gasteiger partial charge in [-0.15, -0.1) is 0 Å². The number of nitrogens with zero attached hydrogens (tertiary/aromatic N) is 2. The minimum absolute atomic E-state index is 0.370. The molecule has 2 nitrogen and oxygen atoms in total. The van der Waals surface area contributed by atoms with E-state index in [0.29, 0.717) is 11.3 Å². The topological polar surface area (TPSA) is 17.8 Å². The standard InChI is InChI=1S/C7H12N2S/c1-6(7(2)10)9-4-3-8-5-9/h3-7,10H,1-2H3. The number of thiol groups is 1. The second kappa shape index (κ2) is 3.10. The first-order valence-corrected chi connectivity index (χ1v) is 3.89. The van der Waals surface area contributed by atoms with E-state index in [1.807, 2.05) is 12.5 Å². The highest BCUT2D eigenvalue weighted by Gasteiger charge is 2.07. The van der Waals surface area contributed by atoms with Crippen molar-refractivity contribution in [2.24, 2.45) is 0 Å². The summed E-state index contributed by atoms with van der Waals surface area (Å²) in [7, 11) is 0. The molecule has 0 saturated heterocycles. The van der Waals surface area contributed by atoms with Gasteiger partial charge in [-0.1, -0.05) is 6.92 Å². The lowest BCUT2D eigenvalue weighted by Gasteiger charge is -2.15. The highest BCUT2D eigenvalue weighted by atomic mass is 32.1. The van der Waals surface area contributed by atoms with Crippen molar-refractivity contribution in [2.45, 2.75) is 25.1 Å². The van der Waals surface area contributed by atoms with Gasteiger partial charge in [0, 0.05) is 23.7 Å². The van der Waals surface area contributed by atoms with Crippen LogP contribution in [0.1, 0.15) is 19.9 Å². The van der Waals surface area contributed by atoms with Gasteiger partial charge in [0.2, 0.25) is 0 Å². The Balaban J connectivity index is 2.68. The van der Waals surface area contributed by atoms with Gasteiger partial charge in [-0.25, -0.2) is 4.98 Å². The highest BCUT2D eigenvalue weighted by molar-refractivity contribution is 7.80. The fourth-order valence-electron chi connectivity index (χ4n) is 0.759. The van der Waals surface area contributed by atoms with Crippen LogP contribution in [0.3, 0.4) is 0 Å². The molecule has 0 amide bonds. The van der Waals surface area contributed by atoms with Gasteiger partial charge < -0.3 is 4.57 Å². The van der Waals surface area contributed by atoms with Gasteiger partial charge in [-0.05, 0) is 6.92 Å². The van der Waals surface area contributed by atoms with E-state index in [0.717, 1.165) is 0 Å². The van der Waals surface area contributed by atoms with Gasteiger partial charge in [-0.2, -0.15) is 12.6 Å². The van der Waals surface area contributed by atoms with E-state index in [-0.39, 0.29) is 0 Å². The molecule has 0 radical (unpaired) electrons. The Morgan fingerprint density at radius 3 is 2.60 bits per heavy atom. The molecule has 0 aliphatic carbocycles. The van der Waals surface area contributed by atoms with E-state index in [1.54, 1.807) is 6.20 Å². The molecule has 2 unspecified atom stereocenters. The van der Waals surface area contributed by atoms with Crippen LogP contribution in [0.2, 0.25) is 0 Å². The lowest BCUT2D eigenvalue weighted by atomic mass is 10.2. The van der Waals surface area contributed by atoms with Crippen LogP contribution in [0.15, 0.2) is 18.7 Å². The van der Waals surface area contributed by atoms with Crippen molar-refractivity contribution in [3.8, 4) is 0 Å². The first-order valence-electron chi connectivity index (χ1n) is 3.37. The zero-order valence-corrected chi connectivity index (χ0v) is 7.12. The summed E-state index contributed by atoms with van der Waals surface area (Å²) in [6.45, 7) is 4.20. The van der Waals surface area contributed by atoms with Gasteiger partial charge >= 0.3 is 0 Å². The molecule has 0 fully saturated rings. The molecule has 10 heavy (non-hydrogen) atoms. The molecule has 1 rings (SSSR count). The molecule has 1 aromatic heterocycles. The Hall–Kier alpha value is -0.440. The lowest BCUT2D eigenvalue weighted by molar-refractivity contribution is 0.544. The second-order valence-electron chi connectivity index (χ2n) is 2.49. The molecule has 0 N–H and O–H groups in total. The van der Waals surface area contributed by atoms with Crippen molar-refractivity contribution < 1.29 is 0 Å². The third-order valence-corrected chi connectivity index (χ3v) is 2.12. The molecule has 0 saturated carbocycles. The maximum absolute atomic E-state index is 4.33. The fraction of sp³-hybridized carbons (Fsp3) is 0.571. The molecule has 0 spiro atoms. The van der Waals surface area contributed by atoms with Crippen LogP contribution in [0, 0.1) is 0 Å². The normalized spacial score (nSPS) is 16.7. The van der Waals surface area contributed by atoms with Crippen molar-refractivity contribution in [1.82, 2.24) is 9.55 Å². The quantitative estimate of drug-likeness (QED) is 0.646. The molecule has 56 valence electrons. The Labute approximate surface area is 66.7 Å². The van der Waals surface area contributed by atoms with Crippen molar-refractivity contribution in [3.05, 3.63) is 18.7 Å². The summed E-state index contributed by atoms with van der Waals surface area (Å²) >= 11 is 4.33. The molecule has 0 aromatic carbocycles. The molecule has 2 atom stereocenters. The maximum Gasteiger partial charge on any atom is 0.0948 e. The summed E-state index contributed by atoms with van der Waals surface area (Å²) in [6, 6.07) is 0.422. The highest BCUT2D eigenvalue weighted by Crippen LogP contribution is 2.13. The van der Waals surface area contributed by atoms with Crippen molar-refractivity contribution in [2.75, 3.05) is 0 Å². The Morgan fingerprint density at radius 2 is 2.20 bits per heavy atom. The number of aromatic nitrogens is 2. The molecular formula is C7H12N2S. The minimum Gasteiger partial charge on any atom is -0.334 e. The molecule has 0 aliphatic rings. The smallest absolute Gasteiger partial charge is 0.0948 e. The Morgan fingerprint density at radius 1 is 1.50 bits per heavy atom. The van der Waals surface area contributed by atoms with E-state index >= 15 is 0 Å². The van der Waals surface area contributed by atoms with Gasteiger partial charge in [-0.3, -0.25) is 0 Å². The summed E-state index contributed by atoms with van der Waals surface area (Å²) in [5.74, 6) is 0. The SMILES string of the molecule is CC(S)C(C)n1ccnc1. The van der Waals surface area contributed by atoms with Crippen LogP contribution in [-0.4, -0.2) is 14.8 Å². The van der Waals surface area contributed by atoms with E-state index < -0.39 is 0 Å². The average Bonchev–Trinajstić information content (AvgIpc) is 2.36. The average molecular weight is 156 g/mol. The van der Waals surface area contributed by atoms with Crippen molar-refractivity contribution in [3.63, 3.8) is 0 Å². The van der Waals surface area contributed by atoms with E-state index in [4.69, 9.17) is 0 Å². The first-order chi connectivity index (χ1) is 4.72. The number of imidazole rings is 1. The summed E-state index contributed by atoms with van der Waals surface area (Å²) in [5, 5.41) is 0.370. The van der Waals surface area contributed by atoms with Crippen molar-refractivity contribution >= 4 is 12.6 Å². The second-order valence-corrected chi connectivity index (χ2v) is 3.31. The third kappa shape index (κ3) is 1.53. The van der Waals surface area contributed by atoms with Gasteiger partial charge in [0.15, 0.2) is 0 Å². The van der Waals surface area contributed by atoms with Crippen LogP contribution in [-0.2, 0) is 0 Å². The van der Waals surface area contributed by atoms with E-state index in [1.165, 1.54) is 0 Å². The monoisotopic (exact) mass is 156 g/mol. The van der Waals surface area contributed by atoms with Crippen LogP contribution in [0.4, 0.5) is 0 Å². The zero-order chi connectivity index (χ0) is 7.56. The number of rotatable bonds is 2. The van der Waals surface area contributed by atoms with Gasteiger partial charge in [0.05, 0.1) is 6.33 Å². The van der Waals surface area contributed by atoms with Crippen LogP contribution >= 0.6 is 12.6 Å². The van der Waals surface area contributed by atoms with Crippen LogP contribution in [0.5, 0.6) is 0 Å². The predicted octanol–water partition coefficient (Wildman–Crippen LogP) is 1.76.